The number of ketones is 8. The summed E-state index contributed by atoms with van der Waals surface area (Å²) in [6, 6.07) is 21.8. The molecule has 8 unspecified atom stereocenters. The number of carbonyl (C=O) groups excluding carboxylic acids is 10. The largest absolute Gasteiger partial charge is 0.393 e. The van der Waals surface area contributed by atoms with E-state index >= 15 is 0 Å². The van der Waals surface area contributed by atoms with Crippen molar-refractivity contribution in [3.63, 3.8) is 0 Å². The van der Waals surface area contributed by atoms with E-state index < -0.39 is 0 Å². The number of benzene rings is 3. The van der Waals surface area contributed by atoms with Crippen molar-refractivity contribution < 1.29 is 52.7 Å². The van der Waals surface area contributed by atoms with Crippen LogP contribution in [0.15, 0.2) is 122 Å². The standard InChI is InChI=1S/C17H10O2.C10H10O2.C9H8O3.C9H6O2.C5H4O2.C4H8.C3H4.C2H6/c18-16-11-17(19)15-10-13(8-9-14(15)16)7-6-12-4-2-1-3-5-12;11-7-4-8(12)10-6-2-1-5(3-6)9(7)10;10-8-6-4-1-2-5(3-4)7(6)9(11)12-8;10-8-5-9(11)7-4-2-1-3-6(7)8;6-4-1-2-5(7)3-4;1-3-4-2;1-3-2;1-2/h1-5,8-10H,11H2;1-2,5-6,9-10H,3-4H2;1-2,4-7H,3H2;1-4H,5H2;1-2H,3H2;3H,1,4H2,2H3;1H,2H3;1-2H3. The summed E-state index contributed by atoms with van der Waals surface area (Å²) in [5, 5.41) is 0. The average molecular weight is 941 g/mol. The first kappa shape index (κ1) is 53.2. The molecular formula is C59H56O11. The van der Waals surface area contributed by atoms with Crippen LogP contribution in [0, 0.1) is 71.5 Å². The Balaban J connectivity index is 0.000000160. The zero-order valence-electron chi connectivity index (χ0n) is 39.8. The molecule has 12 rings (SSSR count). The molecule has 1 aliphatic heterocycles. The van der Waals surface area contributed by atoms with Gasteiger partial charge in [-0.3, -0.25) is 47.9 Å². The molecule has 0 spiro atoms. The smallest absolute Gasteiger partial charge is 0.318 e. The number of carbonyl (C=O) groups is 10. The van der Waals surface area contributed by atoms with Gasteiger partial charge in [0, 0.05) is 45.2 Å². The summed E-state index contributed by atoms with van der Waals surface area (Å²) in [6.07, 6.45) is 20.9. The molecule has 1 saturated heterocycles. The van der Waals surface area contributed by atoms with Crippen molar-refractivity contribution in [2.24, 2.45) is 47.3 Å². The van der Waals surface area contributed by atoms with Crippen LogP contribution in [0.1, 0.15) is 125 Å². The Morgan fingerprint density at radius 2 is 0.929 bits per heavy atom. The molecule has 0 radical (unpaired) electrons. The Morgan fingerprint density at radius 3 is 1.34 bits per heavy atom. The van der Waals surface area contributed by atoms with Gasteiger partial charge < -0.3 is 4.74 Å². The van der Waals surface area contributed by atoms with E-state index in [0.29, 0.717) is 34.1 Å². The summed E-state index contributed by atoms with van der Waals surface area (Å²) in [5.74, 6) is 8.84. The zero-order chi connectivity index (χ0) is 51.1. The van der Waals surface area contributed by atoms with E-state index in [1.54, 1.807) is 49.4 Å². The molecule has 1 heterocycles. The van der Waals surface area contributed by atoms with E-state index in [1.807, 2.05) is 62.4 Å². The van der Waals surface area contributed by atoms with Crippen LogP contribution >= 0.6 is 0 Å². The lowest BCUT2D eigenvalue weighted by Crippen LogP contribution is -2.21. The fourth-order valence-electron chi connectivity index (χ4n) is 9.69. The molecule has 0 N–H and O–H groups in total. The van der Waals surface area contributed by atoms with E-state index in [1.165, 1.54) is 12.2 Å². The highest BCUT2D eigenvalue weighted by molar-refractivity contribution is 6.25. The molecule has 9 aliphatic rings. The number of ether oxygens (including phenoxy) is 1. The molecular weight excluding hydrogens is 885 g/mol. The van der Waals surface area contributed by atoms with Crippen molar-refractivity contribution in [2.45, 2.75) is 72.6 Å². The van der Waals surface area contributed by atoms with Crippen LogP contribution in [0.5, 0.6) is 0 Å². The van der Waals surface area contributed by atoms with Gasteiger partial charge in [-0.05, 0) is 92.3 Å². The van der Waals surface area contributed by atoms with Gasteiger partial charge in [0.25, 0.3) is 0 Å². The zero-order valence-corrected chi connectivity index (χ0v) is 39.8. The molecule has 4 bridgehead atoms. The monoisotopic (exact) mass is 940 g/mol. The second-order valence-electron chi connectivity index (χ2n) is 17.2. The number of terminal acetylenes is 1. The van der Waals surface area contributed by atoms with Crippen LogP contribution < -0.4 is 0 Å². The maximum absolute atomic E-state index is 11.6. The number of hydrogen-bond acceptors (Lipinski definition) is 11. The lowest BCUT2D eigenvalue weighted by Gasteiger charge is -2.16. The quantitative estimate of drug-likeness (QED) is 0.0983. The van der Waals surface area contributed by atoms with Gasteiger partial charge >= 0.3 is 11.9 Å². The molecule has 11 nitrogen and oxygen atoms in total. The van der Waals surface area contributed by atoms with Gasteiger partial charge in [-0.2, -0.15) is 0 Å². The Morgan fingerprint density at radius 1 is 0.543 bits per heavy atom. The molecule has 3 saturated carbocycles. The highest BCUT2D eigenvalue weighted by Gasteiger charge is 2.58. The maximum Gasteiger partial charge on any atom is 0.318 e. The SMILES string of the molecule is C#CC.C=CCC.CC.O=C1C=CC(=O)C1.O=C1CC(=O)C2C3C=CC(C3)C12.O=C1CC(=O)c2cc(C#Cc3ccccc3)ccc21.O=C1CC(=O)c2ccccc21.O=C1OC(=O)C2C3C=CC(C3)C12. The van der Waals surface area contributed by atoms with Gasteiger partial charge in [0.1, 0.15) is 11.6 Å². The number of fused-ring (bicyclic) bond motifs is 12. The van der Waals surface area contributed by atoms with Crippen molar-refractivity contribution in [2.75, 3.05) is 0 Å². The summed E-state index contributed by atoms with van der Waals surface area (Å²) in [7, 11) is 0. The molecule has 0 amide bonds. The Labute approximate surface area is 408 Å². The van der Waals surface area contributed by atoms with Crippen molar-refractivity contribution in [3.8, 4) is 24.2 Å². The van der Waals surface area contributed by atoms with Crippen molar-refractivity contribution in [3.05, 3.63) is 155 Å². The second-order valence-corrected chi connectivity index (χ2v) is 17.2. The number of allylic oxidation sites excluding steroid dienone is 7. The minimum Gasteiger partial charge on any atom is -0.393 e. The Bertz CT molecular complexity index is 2620. The van der Waals surface area contributed by atoms with Crippen molar-refractivity contribution >= 4 is 58.2 Å². The highest BCUT2D eigenvalue weighted by atomic mass is 16.6. The van der Waals surface area contributed by atoms with Gasteiger partial charge in [0.05, 0.1) is 37.5 Å². The minimum absolute atomic E-state index is 0.00903. The van der Waals surface area contributed by atoms with Gasteiger partial charge in [-0.1, -0.05) is 105 Å². The predicted molar refractivity (Wildman–Crippen MR) is 263 cm³/mol. The molecule has 8 atom stereocenters. The van der Waals surface area contributed by atoms with E-state index in [-0.39, 0.29) is 119 Å². The fourth-order valence-corrected chi connectivity index (χ4v) is 9.69. The first-order valence-electron chi connectivity index (χ1n) is 23.5. The van der Waals surface area contributed by atoms with E-state index in [2.05, 4.69) is 54.6 Å². The molecule has 8 aliphatic carbocycles. The molecule has 358 valence electrons. The number of hydrogen-bond donors (Lipinski definition) is 0. The molecule has 3 aromatic rings. The number of rotatable bonds is 1. The summed E-state index contributed by atoms with van der Waals surface area (Å²) in [5.41, 5.74) is 3.87. The molecule has 11 heteroatoms. The molecule has 70 heavy (non-hydrogen) atoms. The highest BCUT2D eigenvalue weighted by Crippen LogP contribution is 2.53. The summed E-state index contributed by atoms with van der Waals surface area (Å²) in [6.45, 7) is 11.2. The lowest BCUT2D eigenvalue weighted by molar-refractivity contribution is -0.154. The normalized spacial score (nSPS) is 25.0. The van der Waals surface area contributed by atoms with Crippen LogP contribution in [0.3, 0.4) is 0 Å². The fraction of sp³-hybridized carbons (Fsp3) is 0.322. The van der Waals surface area contributed by atoms with Crippen LogP contribution in [0.2, 0.25) is 0 Å². The predicted octanol–water partition coefficient (Wildman–Crippen LogP) is 9.12. The minimum atomic E-state index is -0.304. The van der Waals surface area contributed by atoms with Gasteiger partial charge in [0.15, 0.2) is 34.7 Å². The van der Waals surface area contributed by atoms with Crippen LogP contribution in [-0.4, -0.2) is 58.2 Å². The van der Waals surface area contributed by atoms with Gasteiger partial charge in [-0.25, -0.2) is 0 Å². The third kappa shape index (κ3) is 12.7. The Kier molecular flexibility index (Phi) is 19.0. The van der Waals surface area contributed by atoms with E-state index in [9.17, 15) is 47.9 Å². The first-order chi connectivity index (χ1) is 33.7. The molecule has 3 aromatic carbocycles. The van der Waals surface area contributed by atoms with Crippen LogP contribution in [0.25, 0.3) is 0 Å². The number of Topliss-reactive ketones (excluding diaryl/α,β-unsaturated/α-hetero) is 6. The van der Waals surface area contributed by atoms with Gasteiger partial charge in [0.2, 0.25) is 0 Å². The number of cyclic esters (lactones) is 2. The van der Waals surface area contributed by atoms with E-state index in [4.69, 9.17) is 0 Å². The summed E-state index contributed by atoms with van der Waals surface area (Å²) < 4.78 is 4.59. The first-order valence-corrected chi connectivity index (χ1v) is 23.5. The lowest BCUT2D eigenvalue weighted by atomic mass is 9.85. The van der Waals surface area contributed by atoms with Crippen molar-refractivity contribution in [1.82, 2.24) is 0 Å². The Hall–Kier alpha value is -7.76. The maximum atomic E-state index is 11.6. The van der Waals surface area contributed by atoms with Gasteiger partial charge in [-0.15, -0.1) is 18.9 Å². The average Bonchev–Trinajstić information content (AvgIpc) is 4.27. The summed E-state index contributed by atoms with van der Waals surface area (Å²) in [4.78, 5) is 111. The molecule has 0 aromatic heterocycles. The summed E-state index contributed by atoms with van der Waals surface area (Å²) >= 11 is 0. The van der Waals surface area contributed by atoms with Crippen molar-refractivity contribution in [1.29, 1.82) is 0 Å². The van der Waals surface area contributed by atoms with Crippen LogP contribution in [0.4, 0.5) is 0 Å². The topological polar surface area (TPSA) is 180 Å². The third-order valence-corrected chi connectivity index (χ3v) is 12.8. The number of esters is 2. The molecule has 4 fully saturated rings. The second kappa shape index (κ2) is 25.0. The van der Waals surface area contributed by atoms with Crippen LogP contribution in [-0.2, 0) is 33.5 Å². The van der Waals surface area contributed by atoms with E-state index in [0.717, 1.165) is 30.4 Å². The third-order valence-electron chi connectivity index (χ3n) is 12.8.